The smallest absolute Gasteiger partial charge is 0.481 e. The Labute approximate surface area is 199 Å². The van der Waals surface area contributed by atoms with Gasteiger partial charge in [-0.15, -0.1) is 0 Å². The summed E-state index contributed by atoms with van der Waals surface area (Å²) in [5.74, 6) is -5.75. The molecule has 1 aromatic carbocycles. The Morgan fingerprint density at radius 2 is 1.69 bits per heavy atom. The molecular weight excluding hydrogens is 504 g/mol. The van der Waals surface area contributed by atoms with Crippen molar-refractivity contribution in [2.24, 2.45) is 0 Å². The van der Waals surface area contributed by atoms with Crippen LogP contribution in [0.4, 0.5) is 35.1 Å². The number of benzene rings is 1. The molecule has 0 saturated heterocycles. The lowest BCUT2D eigenvalue weighted by atomic mass is 10.1. The number of nitrogens with zero attached hydrogens (tertiary/aromatic N) is 2. The van der Waals surface area contributed by atoms with Crippen LogP contribution in [0, 0.1) is 18.6 Å². The zero-order valence-corrected chi connectivity index (χ0v) is 18.5. The van der Waals surface area contributed by atoms with E-state index in [1.54, 1.807) is 13.0 Å². The van der Waals surface area contributed by atoms with Gasteiger partial charge in [-0.3, -0.25) is 4.98 Å². The van der Waals surface area contributed by atoms with Gasteiger partial charge in [-0.25, -0.2) is 13.6 Å². The van der Waals surface area contributed by atoms with Crippen molar-refractivity contribution in [3.05, 3.63) is 76.9 Å². The lowest BCUT2D eigenvalue weighted by Gasteiger charge is -2.15. The van der Waals surface area contributed by atoms with Gasteiger partial charge in [0.1, 0.15) is 6.61 Å². The second-order valence-electron chi connectivity index (χ2n) is 7.62. The molecule has 2 aromatic heterocycles. The van der Waals surface area contributed by atoms with Crippen molar-refractivity contribution in [1.29, 1.82) is 0 Å². The fraction of sp³-hybridized carbons (Fsp3) is 0.304. The van der Waals surface area contributed by atoms with Crippen LogP contribution in [-0.4, -0.2) is 28.3 Å². The minimum atomic E-state index is -5.15. The molecule has 5 nitrogen and oxygen atoms in total. The predicted octanol–water partition coefficient (Wildman–Crippen LogP) is 6.09. The molecule has 0 atom stereocenters. The van der Waals surface area contributed by atoms with Gasteiger partial charge in [0, 0.05) is 11.9 Å². The summed E-state index contributed by atoms with van der Waals surface area (Å²) in [6.45, 7) is 0.218. The molecule has 0 aliphatic carbocycles. The van der Waals surface area contributed by atoms with Crippen LogP contribution in [0.2, 0.25) is 0 Å². The minimum Gasteiger partial charge on any atom is -0.481 e. The van der Waals surface area contributed by atoms with Crippen LogP contribution < -0.4 is 4.74 Å². The maximum Gasteiger partial charge on any atom is 0.490 e. The molecule has 0 N–H and O–H groups in total. The minimum absolute atomic E-state index is 0.0190. The first kappa shape index (κ1) is 27.0. The molecule has 36 heavy (non-hydrogen) atoms. The first-order valence-corrected chi connectivity index (χ1v) is 10.3. The van der Waals surface area contributed by atoms with Gasteiger partial charge in [0.25, 0.3) is 0 Å². The molecule has 0 aliphatic rings. The highest BCUT2D eigenvalue weighted by molar-refractivity contribution is 5.75. The highest BCUT2D eigenvalue weighted by atomic mass is 19.4. The third kappa shape index (κ3) is 6.52. The quantitative estimate of drug-likeness (QED) is 0.204. The summed E-state index contributed by atoms with van der Waals surface area (Å²) < 4.78 is 116. The van der Waals surface area contributed by atoms with Gasteiger partial charge in [0.15, 0.2) is 17.4 Å². The lowest BCUT2D eigenvalue weighted by molar-refractivity contribution is -0.199. The number of halogens is 8. The van der Waals surface area contributed by atoms with E-state index in [2.05, 4.69) is 9.72 Å². The topological polar surface area (TPSA) is 53.4 Å². The van der Waals surface area contributed by atoms with Gasteiger partial charge in [0.2, 0.25) is 0 Å². The normalized spacial score (nSPS) is 12.0. The van der Waals surface area contributed by atoms with Gasteiger partial charge < -0.3 is 14.0 Å². The molecule has 0 saturated carbocycles. The summed E-state index contributed by atoms with van der Waals surface area (Å²) in [5.41, 5.74) is -0.554. The molecular formula is C23H18F8N2O3. The summed E-state index contributed by atoms with van der Waals surface area (Å²) in [4.78, 5) is 14.7. The third-order valence-electron chi connectivity index (χ3n) is 4.96. The average molecular weight is 522 g/mol. The van der Waals surface area contributed by atoms with E-state index in [4.69, 9.17) is 4.74 Å². The van der Waals surface area contributed by atoms with Gasteiger partial charge >= 0.3 is 18.3 Å². The molecule has 0 fully saturated rings. The Balaban J connectivity index is 1.74. The first-order chi connectivity index (χ1) is 16.8. The van der Waals surface area contributed by atoms with E-state index in [1.807, 2.05) is 0 Å². The van der Waals surface area contributed by atoms with Gasteiger partial charge in [0.05, 0.1) is 29.7 Å². The molecule has 3 aromatic rings. The first-order valence-electron chi connectivity index (χ1n) is 10.3. The highest BCUT2D eigenvalue weighted by Gasteiger charge is 2.40. The second kappa shape index (κ2) is 10.5. The van der Waals surface area contributed by atoms with Gasteiger partial charge in [-0.05, 0) is 55.7 Å². The van der Waals surface area contributed by atoms with Gasteiger partial charge in [-0.2, -0.15) is 26.3 Å². The largest absolute Gasteiger partial charge is 0.490 e. The monoisotopic (exact) mass is 522 g/mol. The van der Waals surface area contributed by atoms with Crippen molar-refractivity contribution >= 4 is 5.97 Å². The van der Waals surface area contributed by atoms with E-state index in [1.165, 1.54) is 12.3 Å². The van der Waals surface area contributed by atoms with Crippen molar-refractivity contribution in [3.63, 3.8) is 0 Å². The summed E-state index contributed by atoms with van der Waals surface area (Å²) >= 11 is 0. The standard InChI is InChI=1S/C23H18F8N2O3/c1-13-4-5-15(11-32-13)33-7-6-16(22(26,27)28)19(33)12-36-20-17(24)9-14(10-18(20)25)3-2-8-35-21(34)23(29,30)31/h4-7,9-11H,2-3,8,12H2,1H3. The van der Waals surface area contributed by atoms with E-state index in [9.17, 15) is 39.9 Å². The molecule has 0 unspecified atom stereocenters. The van der Waals surface area contributed by atoms with Crippen LogP contribution in [0.1, 0.15) is 28.9 Å². The van der Waals surface area contributed by atoms with E-state index >= 15 is 0 Å². The number of alkyl halides is 6. The molecule has 0 radical (unpaired) electrons. The lowest BCUT2D eigenvalue weighted by Crippen LogP contribution is -2.25. The Hall–Kier alpha value is -3.64. The van der Waals surface area contributed by atoms with Crippen LogP contribution in [0.15, 0.2) is 42.7 Å². The predicted molar refractivity (Wildman–Crippen MR) is 109 cm³/mol. The molecule has 13 heteroatoms. The molecule has 2 heterocycles. The number of hydrogen-bond acceptors (Lipinski definition) is 4. The van der Waals surface area contributed by atoms with E-state index < -0.39 is 60.2 Å². The number of hydrogen-bond donors (Lipinski definition) is 0. The zero-order chi connectivity index (χ0) is 26.7. The van der Waals surface area contributed by atoms with Crippen LogP contribution >= 0.6 is 0 Å². The Bertz CT molecular complexity index is 1190. The van der Waals surface area contributed by atoms with Crippen molar-refractivity contribution in [1.82, 2.24) is 9.55 Å². The van der Waals surface area contributed by atoms with E-state index in [-0.39, 0.29) is 24.1 Å². The summed E-state index contributed by atoms with van der Waals surface area (Å²) in [6.07, 6.45) is -7.75. The van der Waals surface area contributed by atoms with Crippen molar-refractivity contribution in [2.45, 2.75) is 38.7 Å². The molecule has 0 bridgehead atoms. The summed E-state index contributed by atoms with van der Waals surface area (Å²) in [6, 6.07) is 5.57. The maximum atomic E-state index is 14.5. The number of rotatable bonds is 8. The van der Waals surface area contributed by atoms with Crippen LogP contribution in [-0.2, 0) is 28.7 Å². The molecule has 3 rings (SSSR count). The summed E-state index contributed by atoms with van der Waals surface area (Å²) in [5, 5.41) is 0. The number of aromatic nitrogens is 2. The number of esters is 1. The third-order valence-corrected chi connectivity index (χ3v) is 4.96. The number of carbonyl (C=O) groups excluding carboxylic acids is 1. The highest BCUT2D eigenvalue weighted by Crippen LogP contribution is 2.35. The molecule has 0 spiro atoms. The maximum absolute atomic E-state index is 14.5. The number of pyridine rings is 1. The number of carbonyl (C=O) groups is 1. The summed E-state index contributed by atoms with van der Waals surface area (Å²) in [7, 11) is 0. The van der Waals surface area contributed by atoms with E-state index in [0.29, 0.717) is 5.69 Å². The van der Waals surface area contributed by atoms with Crippen LogP contribution in [0.5, 0.6) is 5.75 Å². The Morgan fingerprint density at radius 3 is 2.25 bits per heavy atom. The zero-order valence-electron chi connectivity index (χ0n) is 18.5. The fourth-order valence-corrected chi connectivity index (χ4v) is 3.27. The Kier molecular flexibility index (Phi) is 7.89. The van der Waals surface area contributed by atoms with Crippen LogP contribution in [0.25, 0.3) is 5.69 Å². The SMILES string of the molecule is Cc1ccc(-n2ccc(C(F)(F)F)c2COc2c(F)cc(CCCOC(=O)C(F)(F)F)cc2F)cn1. The van der Waals surface area contributed by atoms with Crippen molar-refractivity contribution in [3.8, 4) is 11.4 Å². The van der Waals surface area contributed by atoms with Crippen molar-refractivity contribution < 1.29 is 49.4 Å². The fourth-order valence-electron chi connectivity index (χ4n) is 3.27. The molecule has 0 amide bonds. The van der Waals surface area contributed by atoms with Crippen LogP contribution in [0.3, 0.4) is 0 Å². The molecule has 194 valence electrons. The molecule has 0 aliphatic heterocycles. The average Bonchev–Trinajstić information content (AvgIpc) is 3.20. The van der Waals surface area contributed by atoms with E-state index in [0.717, 1.165) is 29.0 Å². The Morgan fingerprint density at radius 1 is 1.03 bits per heavy atom. The van der Waals surface area contributed by atoms with Crippen molar-refractivity contribution in [2.75, 3.05) is 6.61 Å². The number of aryl methyl sites for hydroxylation is 2. The number of ether oxygens (including phenoxy) is 2. The van der Waals surface area contributed by atoms with Gasteiger partial charge in [-0.1, -0.05) is 0 Å². The second-order valence-corrected chi connectivity index (χ2v) is 7.62.